The van der Waals surface area contributed by atoms with Gasteiger partial charge in [0.25, 0.3) is 0 Å². The Kier molecular flexibility index (Phi) is 5.99. The zero-order chi connectivity index (χ0) is 20.8. The first-order valence-electron chi connectivity index (χ1n) is 8.55. The number of benzene rings is 3. The topological polar surface area (TPSA) is 91.3 Å². The molecular formula is C22H18O7. The quantitative estimate of drug-likeness (QED) is 0.502. The molecule has 0 radical (unpaired) electrons. The summed E-state index contributed by atoms with van der Waals surface area (Å²) in [5, 5.41) is 10.2. The number of phenols is 1. The molecule has 1 N–H and O–H groups in total. The third kappa shape index (κ3) is 4.84. The highest BCUT2D eigenvalue weighted by molar-refractivity contribution is 5.97. The van der Waals surface area contributed by atoms with Gasteiger partial charge in [-0.15, -0.1) is 0 Å². The number of carbonyl (C=O) groups excluding carboxylic acids is 2. The number of methoxy groups -OCH3 is 2. The summed E-state index contributed by atoms with van der Waals surface area (Å²) >= 11 is 0. The summed E-state index contributed by atoms with van der Waals surface area (Å²) in [4.78, 5) is 24.5. The molecule has 0 spiro atoms. The lowest BCUT2D eigenvalue weighted by Gasteiger charge is -2.09. The lowest BCUT2D eigenvalue weighted by Crippen LogP contribution is -2.11. The molecule has 148 valence electrons. The average Bonchev–Trinajstić information content (AvgIpc) is 2.74. The summed E-state index contributed by atoms with van der Waals surface area (Å²) in [6, 6.07) is 16.7. The molecule has 0 saturated heterocycles. The first-order valence-corrected chi connectivity index (χ1v) is 8.55. The van der Waals surface area contributed by atoms with E-state index in [4.69, 9.17) is 18.9 Å². The Bertz CT molecular complexity index is 1010. The molecule has 7 heteroatoms. The second-order valence-electron chi connectivity index (χ2n) is 5.86. The zero-order valence-corrected chi connectivity index (χ0v) is 15.7. The number of ether oxygens (including phenoxy) is 4. The number of phenolic OH excluding ortho intramolecular Hbond substituents is 1. The molecule has 0 aliphatic carbocycles. The molecule has 7 nitrogen and oxygen atoms in total. The van der Waals surface area contributed by atoms with Crippen molar-refractivity contribution in [2.24, 2.45) is 0 Å². The summed E-state index contributed by atoms with van der Waals surface area (Å²) in [5.41, 5.74) is 0.00105. The van der Waals surface area contributed by atoms with Crippen LogP contribution >= 0.6 is 0 Å². The normalized spacial score (nSPS) is 10.1. The van der Waals surface area contributed by atoms with E-state index in [2.05, 4.69) is 0 Å². The van der Waals surface area contributed by atoms with E-state index in [1.807, 2.05) is 0 Å². The van der Waals surface area contributed by atoms with Crippen LogP contribution in [0, 0.1) is 0 Å². The number of aromatic hydroxyl groups is 1. The standard InChI is InChI=1S/C22H18O7/c1-26-15-4-8-17(9-5-15)28-21(24)14-3-12-19(20(23)13-14)22(25)29-18-10-6-16(27-2)7-11-18/h3-13,23H,1-2H3. The molecule has 3 aromatic rings. The highest BCUT2D eigenvalue weighted by Gasteiger charge is 2.17. The molecule has 0 atom stereocenters. The Balaban J connectivity index is 1.69. The summed E-state index contributed by atoms with van der Waals surface area (Å²) in [6.07, 6.45) is 0. The van der Waals surface area contributed by atoms with Crippen molar-refractivity contribution in [3.63, 3.8) is 0 Å². The van der Waals surface area contributed by atoms with Crippen LogP contribution in [-0.4, -0.2) is 31.3 Å². The minimum absolute atomic E-state index is 0.0817. The minimum Gasteiger partial charge on any atom is -0.507 e. The summed E-state index contributed by atoms with van der Waals surface area (Å²) in [6.45, 7) is 0. The maximum absolute atomic E-state index is 12.3. The van der Waals surface area contributed by atoms with Crippen LogP contribution < -0.4 is 18.9 Å². The van der Waals surface area contributed by atoms with Gasteiger partial charge in [-0.1, -0.05) is 0 Å². The summed E-state index contributed by atoms with van der Waals surface area (Å²) in [5.74, 6) is 0.0157. The first-order chi connectivity index (χ1) is 14.0. The molecule has 0 heterocycles. The molecule has 29 heavy (non-hydrogen) atoms. The largest absolute Gasteiger partial charge is 0.507 e. The molecule has 0 aliphatic heterocycles. The third-order valence-corrected chi connectivity index (χ3v) is 3.99. The SMILES string of the molecule is COc1ccc(OC(=O)c2ccc(C(=O)Oc3ccc(OC)cc3)c(O)c2)cc1. The molecule has 0 aromatic heterocycles. The van der Waals surface area contributed by atoms with Crippen LogP contribution in [-0.2, 0) is 0 Å². The Hall–Kier alpha value is -4.00. The van der Waals surface area contributed by atoms with Crippen molar-refractivity contribution in [3.8, 4) is 28.7 Å². The third-order valence-electron chi connectivity index (χ3n) is 3.99. The van der Waals surface area contributed by atoms with Gasteiger partial charge in [0.2, 0.25) is 0 Å². The van der Waals surface area contributed by atoms with Crippen LogP contribution in [0.25, 0.3) is 0 Å². The second-order valence-corrected chi connectivity index (χ2v) is 5.86. The molecule has 0 amide bonds. The number of rotatable bonds is 6. The van der Waals surface area contributed by atoms with Crippen LogP contribution in [0.5, 0.6) is 28.7 Å². The van der Waals surface area contributed by atoms with Crippen LogP contribution in [0.2, 0.25) is 0 Å². The Morgan fingerprint density at radius 1 is 0.655 bits per heavy atom. The number of esters is 2. The van der Waals surface area contributed by atoms with E-state index >= 15 is 0 Å². The van der Waals surface area contributed by atoms with Crippen molar-refractivity contribution in [1.82, 2.24) is 0 Å². The summed E-state index contributed by atoms with van der Waals surface area (Å²) in [7, 11) is 3.06. The van der Waals surface area contributed by atoms with Gasteiger partial charge in [0.05, 0.1) is 19.8 Å². The average molecular weight is 394 g/mol. The van der Waals surface area contributed by atoms with Crippen LogP contribution in [0.3, 0.4) is 0 Å². The van der Waals surface area contributed by atoms with Gasteiger partial charge in [0, 0.05) is 0 Å². The van der Waals surface area contributed by atoms with E-state index in [-0.39, 0.29) is 16.9 Å². The van der Waals surface area contributed by atoms with Crippen molar-refractivity contribution >= 4 is 11.9 Å². The van der Waals surface area contributed by atoms with Gasteiger partial charge < -0.3 is 24.1 Å². The van der Waals surface area contributed by atoms with Crippen LogP contribution in [0.4, 0.5) is 0 Å². The highest BCUT2D eigenvalue weighted by atomic mass is 16.5. The van der Waals surface area contributed by atoms with Gasteiger partial charge in [-0.25, -0.2) is 9.59 Å². The maximum Gasteiger partial charge on any atom is 0.347 e. The van der Waals surface area contributed by atoms with Crippen LogP contribution in [0.15, 0.2) is 66.7 Å². The van der Waals surface area contributed by atoms with Crippen molar-refractivity contribution in [2.45, 2.75) is 0 Å². The molecule has 0 saturated carbocycles. The van der Waals surface area contributed by atoms with Gasteiger partial charge in [0.1, 0.15) is 34.3 Å². The molecule has 3 aromatic carbocycles. The molecule has 3 rings (SSSR count). The molecule has 0 unspecified atom stereocenters. The Morgan fingerprint density at radius 2 is 1.10 bits per heavy atom. The molecule has 0 aliphatic rings. The van der Waals surface area contributed by atoms with Crippen molar-refractivity contribution in [1.29, 1.82) is 0 Å². The van der Waals surface area contributed by atoms with Crippen molar-refractivity contribution in [3.05, 3.63) is 77.9 Å². The van der Waals surface area contributed by atoms with E-state index in [1.54, 1.807) is 48.5 Å². The van der Waals surface area contributed by atoms with Gasteiger partial charge in [0.15, 0.2) is 0 Å². The van der Waals surface area contributed by atoms with Crippen molar-refractivity contribution in [2.75, 3.05) is 14.2 Å². The van der Waals surface area contributed by atoms with E-state index in [0.29, 0.717) is 17.2 Å². The lowest BCUT2D eigenvalue weighted by molar-refractivity contribution is 0.0717. The van der Waals surface area contributed by atoms with Gasteiger partial charge >= 0.3 is 11.9 Å². The fourth-order valence-electron chi connectivity index (χ4n) is 2.45. The smallest absolute Gasteiger partial charge is 0.347 e. The maximum atomic E-state index is 12.3. The monoisotopic (exact) mass is 394 g/mol. The molecule has 0 fully saturated rings. The second kappa shape index (κ2) is 8.79. The number of hydrogen-bond donors (Lipinski definition) is 1. The van der Waals surface area contributed by atoms with Gasteiger partial charge in [-0.3, -0.25) is 0 Å². The fraction of sp³-hybridized carbons (Fsp3) is 0.0909. The van der Waals surface area contributed by atoms with E-state index in [0.717, 1.165) is 6.07 Å². The predicted octanol–water partition coefficient (Wildman–Crippen LogP) is 3.85. The highest BCUT2D eigenvalue weighted by Crippen LogP contribution is 2.24. The first kappa shape index (κ1) is 19.8. The van der Waals surface area contributed by atoms with E-state index in [1.165, 1.54) is 26.4 Å². The Morgan fingerprint density at radius 3 is 1.55 bits per heavy atom. The Labute approximate surface area is 167 Å². The van der Waals surface area contributed by atoms with Crippen molar-refractivity contribution < 1.29 is 33.6 Å². The zero-order valence-electron chi connectivity index (χ0n) is 15.7. The number of hydrogen-bond acceptors (Lipinski definition) is 7. The van der Waals surface area contributed by atoms with Gasteiger partial charge in [-0.2, -0.15) is 0 Å². The fourth-order valence-corrected chi connectivity index (χ4v) is 2.45. The molecular weight excluding hydrogens is 376 g/mol. The van der Waals surface area contributed by atoms with E-state index < -0.39 is 17.7 Å². The lowest BCUT2D eigenvalue weighted by atomic mass is 10.1. The molecule has 0 bridgehead atoms. The van der Waals surface area contributed by atoms with E-state index in [9.17, 15) is 14.7 Å². The number of carbonyl (C=O) groups is 2. The minimum atomic E-state index is -0.761. The van der Waals surface area contributed by atoms with Crippen LogP contribution in [0.1, 0.15) is 20.7 Å². The predicted molar refractivity (Wildman–Crippen MR) is 104 cm³/mol. The van der Waals surface area contributed by atoms with Gasteiger partial charge in [-0.05, 0) is 66.7 Å². The summed E-state index contributed by atoms with van der Waals surface area (Å²) < 4.78 is 20.5.